The Morgan fingerprint density at radius 2 is 1.78 bits per heavy atom. The van der Waals surface area contributed by atoms with Crippen molar-refractivity contribution in [1.29, 1.82) is 0 Å². The maximum atomic E-state index is 11.1. The second-order valence-electron chi connectivity index (χ2n) is 5.24. The maximum Gasteiger partial charge on any atom is 0.335 e. The Labute approximate surface area is 133 Å². The zero-order valence-electron chi connectivity index (χ0n) is 12.9. The molecule has 0 aliphatic rings. The van der Waals surface area contributed by atoms with Crippen LogP contribution in [-0.4, -0.2) is 22.8 Å². The highest BCUT2D eigenvalue weighted by molar-refractivity contribution is 5.93. The molecule has 3 aromatic rings. The Hall–Kier alpha value is -2.95. The number of rotatable bonds is 5. The van der Waals surface area contributed by atoms with Gasteiger partial charge in [-0.15, -0.1) is 0 Å². The van der Waals surface area contributed by atoms with Crippen LogP contribution in [0.4, 0.5) is 0 Å². The van der Waals surface area contributed by atoms with Crippen molar-refractivity contribution in [3.8, 4) is 11.5 Å². The first-order valence-electron chi connectivity index (χ1n) is 7.17. The minimum absolute atomic E-state index is 0.279. The summed E-state index contributed by atoms with van der Waals surface area (Å²) in [5, 5.41) is 10.1. The molecule has 0 atom stereocenters. The van der Waals surface area contributed by atoms with Gasteiger partial charge in [-0.05, 0) is 42.5 Å². The van der Waals surface area contributed by atoms with E-state index in [4.69, 9.17) is 14.6 Å². The highest BCUT2D eigenvalue weighted by Crippen LogP contribution is 2.23. The van der Waals surface area contributed by atoms with Gasteiger partial charge in [0, 0.05) is 18.0 Å². The van der Waals surface area contributed by atoms with Gasteiger partial charge in [-0.3, -0.25) is 0 Å². The molecule has 0 unspecified atom stereocenters. The third-order valence-corrected chi connectivity index (χ3v) is 3.84. The van der Waals surface area contributed by atoms with Crippen LogP contribution in [0.5, 0.6) is 11.5 Å². The standard InChI is InChI=1S/C18H17NO4/c1-19-14(11-23-16-7-5-15(22-2)6-8-16)9-12-3-4-13(18(20)21)10-17(12)19/h3-10H,11H2,1-2H3,(H,20,21). The molecule has 0 radical (unpaired) electrons. The molecular weight excluding hydrogens is 294 g/mol. The molecule has 0 fully saturated rings. The van der Waals surface area contributed by atoms with E-state index in [1.54, 1.807) is 19.2 Å². The number of aromatic carboxylic acids is 1. The first kappa shape index (κ1) is 15.0. The molecule has 118 valence electrons. The van der Waals surface area contributed by atoms with E-state index >= 15 is 0 Å². The van der Waals surface area contributed by atoms with Gasteiger partial charge in [0.15, 0.2) is 0 Å². The van der Waals surface area contributed by atoms with Crippen LogP contribution < -0.4 is 9.47 Å². The molecule has 0 spiro atoms. The molecule has 0 aliphatic heterocycles. The average molecular weight is 311 g/mol. The summed E-state index contributed by atoms with van der Waals surface area (Å²) in [4.78, 5) is 11.1. The van der Waals surface area contributed by atoms with Crippen LogP contribution in [0.25, 0.3) is 10.9 Å². The molecular formula is C18H17NO4. The number of hydrogen-bond acceptors (Lipinski definition) is 3. The smallest absolute Gasteiger partial charge is 0.335 e. The Morgan fingerprint density at radius 1 is 1.09 bits per heavy atom. The molecule has 0 saturated carbocycles. The van der Waals surface area contributed by atoms with Gasteiger partial charge in [0.2, 0.25) is 0 Å². The van der Waals surface area contributed by atoms with Crippen molar-refractivity contribution in [2.24, 2.45) is 7.05 Å². The number of fused-ring (bicyclic) bond motifs is 1. The van der Waals surface area contributed by atoms with Crippen LogP contribution in [0.2, 0.25) is 0 Å². The Morgan fingerprint density at radius 3 is 2.43 bits per heavy atom. The van der Waals surface area contributed by atoms with Gasteiger partial charge in [-0.25, -0.2) is 4.79 Å². The molecule has 5 nitrogen and oxygen atoms in total. The summed E-state index contributed by atoms with van der Waals surface area (Å²) in [6.45, 7) is 0.403. The first-order valence-corrected chi connectivity index (χ1v) is 7.17. The number of carboxylic acid groups (broad SMARTS) is 1. The lowest BCUT2D eigenvalue weighted by molar-refractivity contribution is 0.0697. The summed E-state index contributed by atoms with van der Waals surface area (Å²) in [7, 11) is 3.53. The lowest BCUT2D eigenvalue weighted by Gasteiger charge is -2.08. The molecule has 0 aliphatic carbocycles. The van der Waals surface area contributed by atoms with Crippen molar-refractivity contribution in [3.05, 3.63) is 59.8 Å². The van der Waals surface area contributed by atoms with Crippen molar-refractivity contribution in [2.45, 2.75) is 6.61 Å². The second-order valence-corrected chi connectivity index (χ2v) is 5.24. The van der Waals surface area contributed by atoms with E-state index in [0.29, 0.717) is 6.61 Å². The third kappa shape index (κ3) is 2.99. The van der Waals surface area contributed by atoms with Crippen molar-refractivity contribution in [2.75, 3.05) is 7.11 Å². The second kappa shape index (κ2) is 6.04. The molecule has 2 aromatic carbocycles. The summed E-state index contributed by atoms with van der Waals surface area (Å²) < 4.78 is 12.9. The number of carboxylic acids is 1. The number of ether oxygens (including phenoxy) is 2. The summed E-state index contributed by atoms with van der Waals surface area (Å²) >= 11 is 0. The summed E-state index contributed by atoms with van der Waals surface area (Å²) in [5.74, 6) is 0.606. The minimum atomic E-state index is -0.927. The van der Waals surface area contributed by atoms with Gasteiger partial charge in [0.05, 0.1) is 18.4 Å². The van der Waals surface area contributed by atoms with E-state index in [2.05, 4.69) is 0 Å². The molecule has 1 heterocycles. The average Bonchev–Trinajstić information content (AvgIpc) is 2.89. The Bertz CT molecular complexity index is 849. The number of nitrogens with zero attached hydrogens (tertiary/aromatic N) is 1. The van der Waals surface area contributed by atoms with Crippen LogP contribution in [0.15, 0.2) is 48.5 Å². The molecule has 0 amide bonds. The quantitative estimate of drug-likeness (QED) is 0.784. The summed E-state index contributed by atoms with van der Waals surface area (Å²) in [6, 6.07) is 14.5. The van der Waals surface area contributed by atoms with Gasteiger partial charge in [-0.2, -0.15) is 0 Å². The van der Waals surface area contributed by atoms with Gasteiger partial charge >= 0.3 is 5.97 Å². The van der Waals surface area contributed by atoms with E-state index < -0.39 is 5.97 Å². The van der Waals surface area contributed by atoms with Gasteiger partial charge in [0.25, 0.3) is 0 Å². The number of carbonyl (C=O) groups is 1. The van der Waals surface area contributed by atoms with Crippen molar-refractivity contribution in [1.82, 2.24) is 4.57 Å². The van der Waals surface area contributed by atoms with E-state index in [9.17, 15) is 4.79 Å². The number of aryl methyl sites for hydroxylation is 1. The van der Waals surface area contributed by atoms with Gasteiger partial charge in [0.1, 0.15) is 18.1 Å². The van der Waals surface area contributed by atoms with Crippen LogP contribution in [-0.2, 0) is 13.7 Å². The van der Waals surface area contributed by atoms with Gasteiger partial charge in [-0.1, -0.05) is 6.07 Å². The van der Waals surface area contributed by atoms with Crippen molar-refractivity contribution in [3.63, 3.8) is 0 Å². The monoisotopic (exact) mass is 311 g/mol. The molecule has 0 saturated heterocycles. The predicted molar refractivity (Wildman–Crippen MR) is 87.2 cm³/mol. The van der Waals surface area contributed by atoms with E-state index in [0.717, 1.165) is 28.1 Å². The number of aromatic nitrogens is 1. The SMILES string of the molecule is COc1ccc(OCc2cc3ccc(C(=O)O)cc3n2C)cc1. The molecule has 1 aromatic heterocycles. The fraction of sp³-hybridized carbons (Fsp3) is 0.167. The van der Waals surface area contributed by atoms with E-state index in [1.807, 2.05) is 48.0 Å². The molecule has 5 heteroatoms. The van der Waals surface area contributed by atoms with E-state index in [1.165, 1.54) is 0 Å². The van der Waals surface area contributed by atoms with Crippen LogP contribution in [0.1, 0.15) is 16.1 Å². The molecule has 1 N–H and O–H groups in total. The Kier molecular flexibility index (Phi) is 3.93. The van der Waals surface area contributed by atoms with Crippen LogP contribution >= 0.6 is 0 Å². The molecule has 0 bridgehead atoms. The fourth-order valence-electron chi connectivity index (χ4n) is 2.49. The summed E-state index contributed by atoms with van der Waals surface area (Å²) in [5.41, 5.74) is 2.12. The normalized spacial score (nSPS) is 10.7. The minimum Gasteiger partial charge on any atom is -0.497 e. The number of hydrogen-bond donors (Lipinski definition) is 1. The predicted octanol–water partition coefficient (Wildman–Crippen LogP) is 3.46. The zero-order chi connectivity index (χ0) is 16.4. The Balaban J connectivity index is 1.82. The fourth-order valence-corrected chi connectivity index (χ4v) is 2.49. The van der Waals surface area contributed by atoms with Crippen LogP contribution in [0, 0.1) is 0 Å². The van der Waals surface area contributed by atoms with Gasteiger partial charge < -0.3 is 19.1 Å². The number of methoxy groups -OCH3 is 1. The highest BCUT2D eigenvalue weighted by atomic mass is 16.5. The molecule has 3 rings (SSSR count). The van der Waals surface area contributed by atoms with Crippen LogP contribution in [0.3, 0.4) is 0 Å². The largest absolute Gasteiger partial charge is 0.497 e. The number of benzene rings is 2. The zero-order valence-corrected chi connectivity index (χ0v) is 12.9. The lowest BCUT2D eigenvalue weighted by atomic mass is 10.1. The third-order valence-electron chi connectivity index (χ3n) is 3.84. The maximum absolute atomic E-state index is 11.1. The topological polar surface area (TPSA) is 60.7 Å². The van der Waals surface area contributed by atoms with E-state index in [-0.39, 0.29) is 5.56 Å². The van der Waals surface area contributed by atoms with Crippen molar-refractivity contribution < 1.29 is 19.4 Å². The highest BCUT2D eigenvalue weighted by Gasteiger charge is 2.10. The first-order chi connectivity index (χ1) is 11.1. The summed E-state index contributed by atoms with van der Waals surface area (Å²) in [6.07, 6.45) is 0. The van der Waals surface area contributed by atoms with Crippen molar-refractivity contribution >= 4 is 16.9 Å². The lowest BCUT2D eigenvalue weighted by Crippen LogP contribution is -2.02. The molecule has 23 heavy (non-hydrogen) atoms.